The molecule has 2 fully saturated rings. The SMILES string of the molecule is CCCC(N)C(=O)N1CCC(N2CCCC2C)CC1. The fourth-order valence-electron chi connectivity index (χ4n) is 3.58. The summed E-state index contributed by atoms with van der Waals surface area (Å²) in [7, 11) is 0. The van der Waals surface area contributed by atoms with Crippen molar-refractivity contribution in [2.24, 2.45) is 5.73 Å². The summed E-state index contributed by atoms with van der Waals surface area (Å²) in [5, 5.41) is 0. The molecule has 110 valence electrons. The van der Waals surface area contributed by atoms with Crippen molar-refractivity contribution in [3.63, 3.8) is 0 Å². The molecule has 0 aromatic heterocycles. The molecule has 2 atom stereocenters. The summed E-state index contributed by atoms with van der Waals surface area (Å²) in [6.07, 6.45) is 6.70. The second kappa shape index (κ2) is 6.71. The Labute approximate surface area is 117 Å². The molecule has 2 rings (SSSR count). The predicted molar refractivity (Wildman–Crippen MR) is 77.9 cm³/mol. The van der Waals surface area contributed by atoms with Crippen molar-refractivity contribution in [3.05, 3.63) is 0 Å². The molecule has 0 aromatic rings. The van der Waals surface area contributed by atoms with E-state index < -0.39 is 0 Å². The number of piperidine rings is 1. The number of hydrogen-bond donors (Lipinski definition) is 1. The van der Waals surface area contributed by atoms with E-state index in [0.717, 1.165) is 44.8 Å². The summed E-state index contributed by atoms with van der Waals surface area (Å²) >= 11 is 0. The van der Waals surface area contributed by atoms with Crippen LogP contribution < -0.4 is 5.73 Å². The molecular weight excluding hydrogens is 238 g/mol. The van der Waals surface area contributed by atoms with Crippen LogP contribution in [0.5, 0.6) is 0 Å². The highest BCUT2D eigenvalue weighted by Crippen LogP contribution is 2.25. The number of nitrogens with zero attached hydrogens (tertiary/aromatic N) is 2. The lowest BCUT2D eigenvalue weighted by Crippen LogP contribution is -2.51. The average molecular weight is 267 g/mol. The minimum Gasteiger partial charge on any atom is -0.341 e. The Hall–Kier alpha value is -0.610. The van der Waals surface area contributed by atoms with Gasteiger partial charge in [-0.25, -0.2) is 0 Å². The molecule has 0 aliphatic carbocycles. The molecule has 4 nitrogen and oxygen atoms in total. The topological polar surface area (TPSA) is 49.6 Å². The average Bonchev–Trinajstić information content (AvgIpc) is 2.84. The van der Waals surface area contributed by atoms with Gasteiger partial charge in [0.05, 0.1) is 6.04 Å². The molecule has 0 bridgehead atoms. The summed E-state index contributed by atoms with van der Waals surface area (Å²) in [6.45, 7) is 7.44. The fraction of sp³-hybridized carbons (Fsp3) is 0.933. The second-order valence-corrected chi connectivity index (χ2v) is 6.18. The van der Waals surface area contributed by atoms with Crippen LogP contribution in [-0.4, -0.2) is 53.5 Å². The molecule has 2 saturated heterocycles. The minimum atomic E-state index is -0.285. The predicted octanol–water partition coefficient (Wildman–Crippen LogP) is 1.59. The van der Waals surface area contributed by atoms with Crippen LogP contribution in [0.2, 0.25) is 0 Å². The molecule has 0 radical (unpaired) electrons. The van der Waals surface area contributed by atoms with Gasteiger partial charge < -0.3 is 10.6 Å². The van der Waals surface area contributed by atoms with Gasteiger partial charge in [-0.3, -0.25) is 9.69 Å². The lowest BCUT2D eigenvalue weighted by molar-refractivity contribution is -0.134. The first kappa shape index (κ1) is 14.8. The van der Waals surface area contributed by atoms with E-state index in [9.17, 15) is 4.79 Å². The smallest absolute Gasteiger partial charge is 0.239 e. The largest absolute Gasteiger partial charge is 0.341 e. The van der Waals surface area contributed by atoms with Crippen molar-refractivity contribution < 1.29 is 4.79 Å². The van der Waals surface area contributed by atoms with Gasteiger partial charge in [0.2, 0.25) is 5.91 Å². The second-order valence-electron chi connectivity index (χ2n) is 6.18. The van der Waals surface area contributed by atoms with E-state index in [2.05, 4.69) is 18.7 Å². The van der Waals surface area contributed by atoms with Crippen molar-refractivity contribution in [3.8, 4) is 0 Å². The molecular formula is C15H29N3O. The van der Waals surface area contributed by atoms with E-state index >= 15 is 0 Å². The third-order valence-corrected chi connectivity index (χ3v) is 4.77. The van der Waals surface area contributed by atoms with E-state index in [0.29, 0.717) is 6.04 Å². The van der Waals surface area contributed by atoms with Gasteiger partial charge in [0, 0.05) is 25.2 Å². The molecule has 2 aliphatic rings. The first-order valence-electron chi connectivity index (χ1n) is 7.93. The zero-order valence-electron chi connectivity index (χ0n) is 12.5. The van der Waals surface area contributed by atoms with Crippen molar-refractivity contribution in [1.29, 1.82) is 0 Å². The minimum absolute atomic E-state index is 0.162. The molecule has 19 heavy (non-hydrogen) atoms. The Morgan fingerprint density at radius 3 is 2.47 bits per heavy atom. The van der Waals surface area contributed by atoms with Crippen LogP contribution in [0.25, 0.3) is 0 Å². The summed E-state index contributed by atoms with van der Waals surface area (Å²) in [4.78, 5) is 16.8. The number of carbonyl (C=O) groups excluding carboxylic acids is 1. The van der Waals surface area contributed by atoms with Gasteiger partial charge in [-0.15, -0.1) is 0 Å². The quantitative estimate of drug-likeness (QED) is 0.841. The van der Waals surface area contributed by atoms with Crippen molar-refractivity contribution in [2.45, 2.75) is 70.5 Å². The van der Waals surface area contributed by atoms with Gasteiger partial charge in [0.15, 0.2) is 0 Å². The van der Waals surface area contributed by atoms with Gasteiger partial charge in [-0.1, -0.05) is 13.3 Å². The Morgan fingerprint density at radius 1 is 1.26 bits per heavy atom. The van der Waals surface area contributed by atoms with Crippen molar-refractivity contribution in [2.75, 3.05) is 19.6 Å². The highest BCUT2D eigenvalue weighted by atomic mass is 16.2. The van der Waals surface area contributed by atoms with E-state index in [4.69, 9.17) is 5.73 Å². The summed E-state index contributed by atoms with van der Waals surface area (Å²) in [5.41, 5.74) is 5.94. The van der Waals surface area contributed by atoms with Crippen LogP contribution in [0.1, 0.15) is 52.4 Å². The fourth-order valence-corrected chi connectivity index (χ4v) is 3.58. The third-order valence-electron chi connectivity index (χ3n) is 4.77. The van der Waals surface area contributed by atoms with Gasteiger partial charge in [-0.2, -0.15) is 0 Å². The van der Waals surface area contributed by atoms with Crippen LogP contribution in [0.15, 0.2) is 0 Å². The summed E-state index contributed by atoms with van der Waals surface area (Å²) < 4.78 is 0. The third kappa shape index (κ3) is 3.48. The van der Waals surface area contributed by atoms with Crippen LogP contribution in [-0.2, 0) is 4.79 Å². The van der Waals surface area contributed by atoms with E-state index in [1.165, 1.54) is 19.4 Å². The van der Waals surface area contributed by atoms with Gasteiger partial charge in [0.1, 0.15) is 0 Å². The Balaban J connectivity index is 1.80. The maximum Gasteiger partial charge on any atom is 0.239 e. The van der Waals surface area contributed by atoms with E-state index in [1.54, 1.807) is 0 Å². The van der Waals surface area contributed by atoms with E-state index in [-0.39, 0.29) is 11.9 Å². The molecule has 2 N–H and O–H groups in total. The Kier molecular flexibility index (Phi) is 5.22. The first-order chi connectivity index (χ1) is 9.13. The molecule has 0 saturated carbocycles. The Morgan fingerprint density at radius 2 is 1.95 bits per heavy atom. The molecule has 2 aliphatic heterocycles. The highest BCUT2D eigenvalue weighted by Gasteiger charge is 2.32. The molecule has 0 spiro atoms. The Bertz CT molecular complexity index is 300. The zero-order chi connectivity index (χ0) is 13.8. The van der Waals surface area contributed by atoms with Gasteiger partial charge in [0.25, 0.3) is 0 Å². The molecule has 2 heterocycles. The van der Waals surface area contributed by atoms with Crippen LogP contribution in [0.3, 0.4) is 0 Å². The zero-order valence-corrected chi connectivity index (χ0v) is 12.5. The number of hydrogen-bond acceptors (Lipinski definition) is 3. The maximum absolute atomic E-state index is 12.2. The lowest BCUT2D eigenvalue weighted by atomic mass is 10.0. The molecule has 4 heteroatoms. The van der Waals surface area contributed by atoms with Crippen LogP contribution in [0.4, 0.5) is 0 Å². The number of likely N-dealkylation sites (tertiary alicyclic amines) is 2. The van der Waals surface area contributed by atoms with Crippen LogP contribution in [0, 0.1) is 0 Å². The summed E-state index contributed by atoms with van der Waals surface area (Å²) in [5.74, 6) is 0.162. The highest BCUT2D eigenvalue weighted by molar-refractivity contribution is 5.81. The normalized spacial score (nSPS) is 27.7. The molecule has 0 aromatic carbocycles. The van der Waals surface area contributed by atoms with Crippen molar-refractivity contribution >= 4 is 5.91 Å². The van der Waals surface area contributed by atoms with Gasteiger partial charge >= 0.3 is 0 Å². The number of carbonyl (C=O) groups is 1. The standard InChI is InChI=1S/C15H29N3O/c1-3-5-14(16)15(19)17-10-7-13(8-11-17)18-9-4-6-12(18)2/h12-14H,3-11,16H2,1-2H3. The monoisotopic (exact) mass is 267 g/mol. The maximum atomic E-state index is 12.2. The van der Waals surface area contributed by atoms with E-state index in [1.807, 2.05) is 4.90 Å². The van der Waals surface area contributed by atoms with Crippen molar-refractivity contribution in [1.82, 2.24) is 9.80 Å². The number of nitrogens with two attached hydrogens (primary N) is 1. The number of amides is 1. The van der Waals surface area contributed by atoms with Crippen LogP contribution >= 0.6 is 0 Å². The van der Waals surface area contributed by atoms with Gasteiger partial charge in [-0.05, 0) is 45.6 Å². The lowest BCUT2D eigenvalue weighted by Gasteiger charge is -2.39. The number of rotatable bonds is 4. The summed E-state index contributed by atoms with van der Waals surface area (Å²) in [6, 6.07) is 1.13. The molecule has 2 unspecified atom stereocenters. The molecule has 1 amide bonds. The first-order valence-corrected chi connectivity index (χ1v) is 7.93.